The molecule has 7 heteroatoms. The molecule has 0 saturated carbocycles. The van der Waals surface area contributed by atoms with Crippen LogP contribution in [0.5, 0.6) is 5.75 Å². The molecule has 1 fully saturated rings. The highest BCUT2D eigenvalue weighted by atomic mass is 16.5. The summed E-state index contributed by atoms with van der Waals surface area (Å²) in [6.07, 6.45) is 5.07. The molecule has 0 radical (unpaired) electrons. The average Bonchev–Trinajstić information content (AvgIpc) is 3.25. The summed E-state index contributed by atoms with van der Waals surface area (Å²) < 4.78 is 12.1. The third-order valence-electron chi connectivity index (χ3n) is 5.21. The van der Waals surface area contributed by atoms with Crippen LogP contribution in [0.25, 0.3) is 0 Å². The monoisotopic (exact) mass is 372 g/mol. The van der Waals surface area contributed by atoms with Crippen molar-refractivity contribution in [1.82, 2.24) is 20.0 Å². The number of hydrogen-bond donors (Lipinski definition) is 1. The largest absolute Gasteiger partial charge is 0.497 e. The number of likely N-dealkylation sites (tertiary alicyclic amines) is 1. The first-order chi connectivity index (χ1) is 13.2. The second-order valence-corrected chi connectivity index (χ2v) is 6.86. The Bertz CT molecular complexity index is 707. The van der Waals surface area contributed by atoms with Gasteiger partial charge in [-0.3, -0.25) is 14.4 Å². The van der Waals surface area contributed by atoms with Gasteiger partial charge in [0, 0.05) is 45.7 Å². The summed E-state index contributed by atoms with van der Waals surface area (Å²) in [6, 6.07) is 10.0. The molecule has 1 aliphatic heterocycles. The van der Waals surface area contributed by atoms with Crippen molar-refractivity contribution in [3.63, 3.8) is 0 Å². The molecule has 0 unspecified atom stereocenters. The van der Waals surface area contributed by atoms with E-state index in [4.69, 9.17) is 9.47 Å². The van der Waals surface area contributed by atoms with Gasteiger partial charge in [0.25, 0.3) is 0 Å². The third-order valence-corrected chi connectivity index (χ3v) is 5.21. The molecule has 1 saturated heterocycles. The molecule has 1 amide bonds. The first-order valence-electron chi connectivity index (χ1n) is 9.30. The first kappa shape index (κ1) is 19.4. The van der Waals surface area contributed by atoms with Crippen molar-refractivity contribution in [1.29, 1.82) is 0 Å². The Morgan fingerprint density at radius 1 is 1.22 bits per heavy atom. The van der Waals surface area contributed by atoms with Gasteiger partial charge in [-0.1, -0.05) is 12.1 Å². The zero-order chi connectivity index (χ0) is 19.1. The van der Waals surface area contributed by atoms with E-state index in [1.165, 1.54) is 5.56 Å². The maximum atomic E-state index is 13.0. The summed E-state index contributed by atoms with van der Waals surface area (Å²) in [5.74, 6) is 0.884. The molecule has 3 rings (SSSR count). The minimum absolute atomic E-state index is 0.0207. The minimum Gasteiger partial charge on any atom is -0.497 e. The van der Waals surface area contributed by atoms with Gasteiger partial charge in [0.1, 0.15) is 11.3 Å². The third kappa shape index (κ3) is 4.48. The molecule has 0 atom stereocenters. The summed E-state index contributed by atoms with van der Waals surface area (Å²) in [5.41, 5.74) is 0.611. The molecule has 2 aromatic rings. The lowest BCUT2D eigenvalue weighted by atomic mass is 9.86. The Hall–Kier alpha value is -2.38. The van der Waals surface area contributed by atoms with Crippen LogP contribution in [0.3, 0.4) is 0 Å². The topological polar surface area (TPSA) is 68.6 Å². The molecule has 0 spiro atoms. The Balaban J connectivity index is 1.65. The quantitative estimate of drug-likeness (QED) is 0.714. The number of hydrogen-bond acceptors (Lipinski definition) is 5. The number of ether oxygens (including phenoxy) is 2. The van der Waals surface area contributed by atoms with Crippen LogP contribution in [0, 0.1) is 0 Å². The summed E-state index contributed by atoms with van der Waals surface area (Å²) in [7, 11) is 3.30. The van der Waals surface area contributed by atoms with Crippen molar-refractivity contribution < 1.29 is 14.3 Å². The standard InChI is InChI=1S/C20H28N4O3/c1-26-15-11-21-19(25)20(24-12-3-10-22-24)8-13-23(14-9-20)16-17-4-6-18(27-2)7-5-17/h3-7,10,12H,8-9,11,13-16H2,1-2H3,(H,21,25). The molecule has 27 heavy (non-hydrogen) atoms. The molecule has 1 aliphatic rings. The number of carbonyl (C=O) groups is 1. The van der Waals surface area contributed by atoms with E-state index in [0.29, 0.717) is 13.2 Å². The predicted molar refractivity (Wildman–Crippen MR) is 103 cm³/mol. The molecule has 1 aromatic carbocycles. The van der Waals surface area contributed by atoms with Crippen molar-refractivity contribution in [2.45, 2.75) is 24.9 Å². The normalized spacial score (nSPS) is 16.8. The van der Waals surface area contributed by atoms with Crippen LogP contribution in [-0.4, -0.2) is 61.0 Å². The lowest BCUT2D eigenvalue weighted by Gasteiger charge is -2.40. The molecule has 146 valence electrons. The molecule has 7 nitrogen and oxygen atoms in total. The predicted octanol–water partition coefficient (Wildman–Crippen LogP) is 1.65. The Morgan fingerprint density at radius 3 is 2.56 bits per heavy atom. The van der Waals surface area contributed by atoms with Crippen molar-refractivity contribution in [3.8, 4) is 5.75 Å². The molecule has 2 heterocycles. The van der Waals surface area contributed by atoms with Gasteiger partial charge in [-0.05, 0) is 36.6 Å². The molecule has 0 aliphatic carbocycles. The molecule has 1 aromatic heterocycles. The zero-order valence-corrected chi connectivity index (χ0v) is 16.1. The highest BCUT2D eigenvalue weighted by Gasteiger charge is 2.43. The molecule has 1 N–H and O–H groups in total. The van der Waals surface area contributed by atoms with Gasteiger partial charge in [0.05, 0.1) is 13.7 Å². The average molecular weight is 372 g/mol. The smallest absolute Gasteiger partial charge is 0.248 e. The number of aromatic nitrogens is 2. The number of rotatable bonds is 8. The van der Waals surface area contributed by atoms with E-state index >= 15 is 0 Å². The van der Waals surface area contributed by atoms with Crippen LogP contribution in [0.2, 0.25) is 0 Å². The summed E-state index contributed by atoms with van der Waals surface area (Å²) >= 11 is 0. The number of nitrogens with one attached hydrogen (secondary N) is 1. The van der Waals surface area contributed by atoms with Gasteiger partial charge in [0.15, 0.2) is 0 Å². The second-order valence-electron chi connectivity index (χ2n) is 6.86. The van der Waals surface area contributed by atoms with Crippen LogP contribution < -0.4 is 10.1 Å². The van der Waals surface area contributed by atoms with Crippen LogP contribution >= 0.6 is 0 Å². The Morgan fingerprint density at radius 2 is 1.96 bits per heavy atom. The number of benzene rings is 1. The van der Waals surface area contributed by atoms with Crippen molar-refractivity contribution in [2.24, 2.45) is 0 Å². The van der Waals surface area contributed by atoms with Gasteiger partial charge in [-0.2, -0.15) is 5.10 Å². The van der Waals surface area contributed by atoms with E-state index in [1.807, 2.05) is 29.1 Å². The maximum absolute atomic E-state index is 13.0. The van der Waals surface area contributed by atoms with Gasteiger partial charge in [-0.15, -0.1) is 0 Å². The van der Waals surface area contributed by atoms with Gasteiger partial charge >= 0.3 is 0 Å². The van der Waals surface area contributed by atoms with E-state index in [9.17, 15) is 4.79 Å². The zero-order valence-electron chi connectivity index (χ0n) is 16.1. The van der Waals surface area contributed by atoms with Crippen LogP contribution in [0.1, 0.15) is 18.4 Å². The van der Waals surface area contributed by atoms with Crippen LogP contribution in [-0.2, 0) is 21.6 Å². The maximum Gasteiger partial charge on any atom is 0.248 e. The van der Waals surface area contributed by atoms with Gasteiger partial charge in [-0.25, -0.2) is 0 Å². The number of amides is 1. The number of carbonyl (C=O) groups excluding carboxylic acids is 1. The van der Waals surface area contributed by atoms with Crippen LogP contribution in [0.15, 0.2) is 42.7 Å². The van der Waals surface area contributed by atoms with Gasteiger partial charge in [0.2, 0.25) is 5.91 Å². The van der Waals surface area contributed by atoms with E-state index in [1.54, 1.807) is 20.4 Å². The molecular weight excluding hydrogens is 344 g/mol. The van der Waals surface area contributed by atoms with Crippen molar-refractivity contribution >= 4 is 5.91 Å². The highest BCUT2D eigenvalue weighted by Crippen LogP contribution is 2.31. The lowest BCUT2D eigenvalue weighted by Crippen LogP contribution is -2.55. The van der Waals surface area contributed by atoms with Crippen LogP contribution in [0.4, 0.5) is 0 Å². The van der Waals surface area contributed by atoms with Crippen molar-refractivity contribution in [2.75, 3.05) is 40.5 Å². The second kappa shape index (κ2) is 9.01. The van der Waals surface area contributed by atoms with E-state index < -0.39 is 5.54 Å². The molecular formula is C20H28N4O3. The summed E-state index contributed by atoms with van der Waals surface area (Å²) in [4.78, 5) is 15.3. The Kier molecular flexibility index (Phi) is 6.47. The SMILES string of the molecule is COCCNC(=O)C1(n2cccn2)CCN(Cc2ccc(OC)cc2)CC1. The minimum atomic E-state index is -0.631. The summed E-state index contributed by atoms with van der Waals surface area (Å²) in [5, 5.41) is 7.38. The Labute approximate surface area is 160 Å². The number of piperidine rings is 1. The first-order valence-corrected chi connectivity index (χ1v) is 9.30. The fraction of sp³-hybridized carbons (Fsp3) is 0.500. The van der Waals surface area contributed by atoms with E-state index in [0.717, 1.165) is 38.2 Å². The lowest BCUT2D eigenvalue weighted by molar-refractivity contribution is -0.133. The van der Waals surface area contributed by atoms with Crippen molar-refractivity contribution in [3.05, 3.63) is 48.3 Å². The van der Waals surface area contributed by atoms with Gasteiger partial charge < -0.3 is 14.8 Å². The van der Waals surface area contributed by atoms with E-state index in [2.05, 4.69) is 27.4 Å². The highest BCUT2D eigenvalue weighted by molar-refractivity contribution is 5.84. The summed E-state index contributed by atoms with van der Waals surface area (Å²) in [6.45, 7) is 3.55. The number of nitrogens with zero attached hydrogens (tertiary/aromatic N) is 3. The molecule has 0 bridgehead atoms. The number of methoxy groups -OCH3 is 2. The van der Waals surface area contributed by atoms with E-state index in [-0.39, 0.29) is 5.91 Å². The fourth-order valence-electron chi connectivity index (χ4n) is 3.58. The fourth-order valence-corrected chi connectivity index (χ4v) is 3.58.